The van der Waals surface area contributed by atoms with E-state index in [9.17, 15) is 4.79 Å². The molecule has 1 fully saturated rings. The zero-order chi connectivity index (χ0) is 15.2. The summed E-state index contributed by atoms with van der Waals surface area (Å²) in [6, 6.07) is 5.55. The molecule has 0 bridgehead atoms. The maximum atomic E-state index is 12.0. The molecule has 0 spiro atoms. The molecule has 6 nitrogen and oxygen atoms in total. The van der Waals surface area contributed by atoms with Crippen LogP contribution in [-0.2, 0) is 16.1 Å². The first-order valence-electron chi connectivity index (χ1n) is 7.02. The number of nitrogens with two attached hydrogens (primary N) is 1. The second kappa shape index (κ2) is 8.82. The molecule has 0 saturated carbocycles. The lowest BCUT2D eigenvalue weighted by atomic mass is 10.1. The highest BCUT2D eigenvalue weighted by Gasteiger charge is 2.29. The molecule has 1 aliphatic rings. The molecular formula is C15H23ClN2O4. The topological polar surface area (TPSA) is 82.8 Å². The highest BCUT2D eigenvalue weighted by Crippen LogP contribution is 2.27. The van der Waals surface area contributed by atoms with E-state index in [1.165, 1.54) is 0 Å². The van der Waals surface area contributed by atoms with Gasteiger partial charge in [0, 0.05) is 13.1 Å². The number of carbonyl (C=O) groups is 1. The Hall–Kier alpha value is -1.50. The van der Waals surface area contributed by atoms with E-state index in [1.807, 2.05) is 18.2 Å². The third-order valence-electron chi connectivity index (χ3n) is 3.58. The molecule has 0 radical (unpaired) electrons. The lowest BCUT2D eigenvalue weighted by molar-refractivity contribution is -0.132. The van der Waals surface area contributed by atoms with Crippen molar-refractivity contribution in [1.29, 1.82) is 0 Å². The summed E-state index contributed by atoms with van der Waals surface area (Å²) in [5.74, 6) is 1.21. The van der Waals surface area contributed by atoms with Crippen molar-refractivity contribution in [2.45, 2.75) is 31.6 Å². The summed E-state index contributed by atoms with van der Waals surface area (Å²) in [5.41, 5.74) is 6.48. The van der Waals surface area contributed by atoms with Crippen LogP contribution in [0.4, 0.5) is 0 Å². The predicted molar refractivity (Wildman–Crippen MR) is 85.6 cm³/mol. The molecule has 0 unspecified atom stereocenters. The summed E-state index contributed by atoms with van der Waals surface area (Å²) < 4.78 is 16.0. The minimum absolute atomic E-state index is 0. The number of benzene rings is 1. The van der Waals surface area contributed by atoms with Crippen LogP contribution in [0.15, 0.2) is 18.2 Å². The Balaban J connectivity index is 0.00000242. The van der Waals surface area contributed by atoms with Gasteiger partial charge in [0.15, 0.2) is 11.5 Å². The molecule has 2 rings (SSSR count). The van der Waals surface area contributed by atoms with Gasteiger partial charge in [-0.15, -0.1) is 12.4 Å². The van der Waals surface area contributed by atoms with Gasteiger partial charge < -0.3 is 25.3 Å². The number of ether oxygens (including phenoxy) is 3. The van der Waals surface area contributed by atoms with E-state index >= 15 is 0 Å². The number of amides is 1. The van der Waals surface area contributed by atoms with Gasteiger partial charge in [-0.25, -0.2) is 0 Å². The van der Waals surface area contributed by atoms with Gasteiger partial charge in [-0.05, 0) is 30.5 Å². The summed E-state index contributed by atoms with van der Waals surface area (Å²) in [5, 5.41) is 2.87. The first kappa shape index (κ1) is 18.5. The molecule has 3 N–H and O–H groups in total. The molecule has 1 aromatic rings. The predicted octanol–water partition coefficient (Wildman–Crippen LogP) is 1.25. The van der Waals surface area contributed by atoms with Crippen molar-refractivity contribution >= 4 is 18.3 Å². The van der Waals surface area contributed by atoms with Crippen molar-refractivity contribution in [2.75, 3.05) is 20.8 Å². The highest BCUT2D eigenvalue weighted by molar-refractivity contribution is 5.85. The zero-order valence-corrected chi connectivity index (χ0v) is 13.7. The monoisotopic (exact) mass is 330 g/mol. The SMILES string of the molecule is COc1ccc(CNC(=O)[C@@H]2CC[C@H](CN)O2)cc1OC.Cl. The van der Waals surface area contributed by atoms with Gasteiger partial charge >= 0.3 is 0 Å². The summed E-state index contributed by atoms with van der Waals surface area (Å²) in [6.45, 7) is 0.881. The fourth-order valence-electron chi connectivity index (χ4n) is 2.37. The summed E-state index contributed by atoms with van der Waals surface area (Å²) in [4.78, 5) is 12.0. The molecule has 22 heavy (non-hydrogen) atoms. The van der Waals surface area contributed by atoms with E-state index in [0.29, 0.717) is 24.6 Å². The van der Waals surface area contributed by atoms with Crippen molar-refractivity contribution in [3.63, 3.8) is 0 Å². The van der Waals surface area contributed by atoms with E-state index in [4.69, 9.17) is 19.9 Å². The molecule has 1 aliphatic heterocycles. The Bertz CT molecular complexity index is 498. The van der Waals surface area contributed by atoms with Crippen molar-refractivity contribution in [3.05, 3.63) is 23.8 Å². The van der Waals surface area contributed by atoms with Crippen LogP contribution in [0, 0.1) is 0 Å². The number of nitrogens with one attached hydrogen (secondary N) is 1. The zero-order valence-electron chi connectivity index (χ0n) is 12.8. The second-order valence-electron chi connectivity index (χ2n) is 4.97. The van der Waals surface area contributed by atoms with Crippen molar-refractivity contribution < 1.29 is 19.0 Å². The molecule has 124 valence electrons. The van der Waals surface area contributed by atoms with Crippen LogP contribution in [-0.4, -0.2) is 38.9 Å². The van der Waals surface area contributed by atoms with E-state index in [2.05, 4.69) is 5.32 Å². The maximum absolute atomic E-state index is 12.0. The molecule has 1 amide bonds. The van der Waals surface area contributed by atoms with E-state index in [1.54, 1.807) is 14.2 Å². The highest BCUT2D eigenvalue weighted by atomic mass is 35.5. The van der Waals surface area contributed by atoms with E-state index in [0.717, 1.165) is 18.4 Å². The summed E-state index contributed by atoms with van der Waals surface area (Å²) in [7, 11) is 3.17. The minimum Gasteiger partial charge on any atom is -0.493 e. The molecule has 7 heteroatoms. The lowest BCUT2D eigenvalue weighted by Gasteiger charge is -2.13. The Morgan fingerprint density at radius 1 is 1.32 bits per heavy atom. The van der Waals surface area contributed by atoms with E-state index < -0.39 is 6.10 Å². The second-order valence-corrected chi connectivity index (χ2v) is 4.97. The van der Waals surface area contributed by atoms with E-state index in [-0.39, 0.29) is 24.4 Å². The van der Waals surface area contributed by atoms with Crippen molar-refractivity contribution in [2.24, 2.45) is 5.73 Å². The Labute approximate surface area is 136 Å². The first-order valence-corrected chi connectivity index (χ1v) is 7.02. The summed E-state index contributed by atoms with van der Waals surface area (Å²) in [6.07, 6.45) is 1.17. The number of methoxy groups -OCH3 is 2. The van der Waals surface area contributed by atoms with Gasteiger partial charge in [-0.3, -0.25) is 4.79 Å². The summed E-state index contributed by atoms with van der Waals surface area (Å²) >= 11 is 0. The number of hydrogen-bond donors (Lipinski definition) is 2. The van der Waals surface area contributed by atoms with Gasteiger partial charge in [0.25, 0.3) is 0 Å². The quantitative estimate of drug-likeness (QED) is 0.820. The standard InChI is InChI=1S/C15H22N2O4.ClH/c1-19-12-5-3-10(7-14(12)20-2)9-17-15(18)13-6-4-11(8-16)21-13;/h3,5,7,11,13H,4,6,8-9,16H2,1-2H3,(H,17,18);1H/t11-,13+;/m1./s1. The third-order valence-corrected chi connectivity index (χ3v) is 3.58. The van der Waals surface area contributed by atoms with Crippen LogP contribution < -0.4 is 20.5 Å². The normalized spacial score (nSPS) is 20.1. The molecule has 0 aliphatic carbocycles. The first-order chi connectivity index (χ1) is 10.2. The average Bonchev–Trinajstić information content (AvgIpc) is 3.01. The molecule has 2 atom stereocenters. The van der Waals surface area contributed by atoms with Crippen LogP contribution in [0.3, 0.4) is 0 Å². The number of carbonyl (C=O) groups excluding carboxylic acids is 1. The average molecular weight is 331 g/mol. The lowest BCUT2D eigenvalue weighted by Crippen LogP contribution is -2.35. The van der Waals surface area contributed by atoms with Crippen LogP contribution in [0.5, 0.6) is 11.5 Å². The molecule has 1 aromatic carbocycles. The van der Waals surface area contributed by atoms with Crippen molar-refractivity contribution in [3.8, 4) is 11.5 Å². The van der Waals surface area contributed by atoms with Gasteiger partial charge in [0.1, 0.15) is 6.10 Å². The molecule has 1 saturated heterocycles. The van der Waals surface area contributed by atoms with Gasteiger partial charge in [0.05, 0.1) is 20.3 Å². The Morgan fingerprint density at radius 2 is 2.05 bits per heavy atom. The number of halogens is 1. The van der Waals surface area contributed by atoms with Crippen LogP contribution in [0.1, 0.15) is 18.4 Å². The van der Waals surface area contributed by atoms with Crippen molar-refractivity contribution in [1.82, 2.24) is 5.32 Å². The van der Waals surface area contributed by atoms with Crippen LogP contribution in [0.2, 0.25) is 0 Å². The minimum atomic E-state index is -0.390. The number of rotatable bonds is 6. The molecule has 0 aromatic heterocycles. The molecular weight excluding hydrogens is 308 g/mol. The number of hydrogen-bond acceptors (Lipinski definition) is 5. The third kappa shape index (κ3) is 4.50. The smallest absolute Gasteiger partial charge is 0.249 e. The fraction of sp³-hybridized carbons (Fsp3) is 0.533. The van der Waals surface area contributed by atoms with Gasteiger partial charge in [-0.1, -0.05) is 6.07 Å². The van der Waals surface area contributed by atoms with Gasteiger partial charge in [0.2, 0.25) is 5.91 Å². The van der Waals surface area contributed by atoms with Crippen LogP contribution in [0.25, 0.3) is 0 Å². The molecule has 1 heterocycles. The van der Waals surface area contributed by atoms with Gasteiger partial charge in [-0.2, -0.15) is 0 Å². The largest absolute Gasteiger partial charge is 0.493 e. The Morgan fingerprint density at radius 3 is 2.64 bits per heavy atom. The Kier molecular flexibility index (Phi) is 7.44. The van der Waals surface area contributed by atoms with Crippen LogP contribution >= 0.6 is 12.4 Å². The fourth-order valence-corrected chi connectivity index (χ4v) is 2.37. The maximum Gasteiger partial charge on any atom is 0.249 e.